The van der Waals surface area contributed by atoms with E-state index in [1.54, 1.807) is 10.9 Å². The zero-order valence-electron chi connectivity index (χ0n) is 7.84. The van der Waals surface area contributed by atoms with Gasteiger partial charge >= 0.3 is 0 Å². The van der Waals surface area contributed by atoms with Gasteiger partial charge in [0.25, 0.3) is 0 Å². The maximum atomic E-state index is 9.49. The fourth-order valence-electron chi connectivity index (χ4n) is 1.31. The monoisotopic (exact) mass is 271 g/mol. The van der Waals surface area contributed by atoms with Crippen LogP contribution in [0.25, 0.3) is 11.2 Å². The summed E-state index contributed by atoms with van der Waals surface area (Å²) >= 11 is 3.20. The van der Waals surface area contributed by atoms with Gasteiger partial charge in [-0.2, -0.15) is 0 Å². The summed E-state index contributed by atoms with van der Waals surface area (Å²) in [6.45, 7) is 0.429. The number of anilines is 1. The smallest absolute Gasteiger partial charge is 0.165 e. The van der Waals surface area contributed by atoms with Gasteiger partial charge in [0.2, 0.25) is 0 Å². The normalized spacial score (nSPS) is 13.2. The number of hydrogen-bond acceptors (Lipinski definition) is 5. The van der Waals surface area contributed by atoms with Crippen LogP contribution in [-0.4, -0.2) is 36.1 Å². The lowest BCUT2D eigenvalue weighted by molar-refractivity contribution is 0.180. The third kappa shape index (κ3) is 1.93. The van der Waals surface area contributed by atoms with Crippen LogP contribution in [0.4, 0.5) is 5.82 Å². The molecule has 0 fully saturated rings. The highest BCUT2D eigenvalue weighted by molar-refractivity contribution is 9.09. The van der Waals surface area contributed by atoms with Crippen molar-refractivity contribution in [2.24, 2.45) is 0 Å². The lowest BCUT2D eigenvalue weighted by Gasteiger charge is -2.07. The number of aromatic nitrogens is 4. The predicted molar refractivity (Wildman–Crippen MR) is 59.5 cm³/mol. The van der Waals surface area contributed by atoms with E-state index < -0.39 is 6.10 Å². The number of rotatable bonds is 3. The summed E-state index contributed by atoms with van der Waals surface area (Å²) in [7, 11) is 0. The number of nitrogen functional groups attached to an aromatic ring is 1. The van der Waals surface area contributed by atoms with E-state index in [2.05, 4.69) is 30.9 Å². The molecular formula is C8H10BrN5O. The quantitative estimate of drug-likeness (QED) is 0.777. The molecule has 7 heteroatoms. The average Bonchev–Trinajstić information content (AvgIpc) is 2.63. The van der Waals surface area contributed by atoms with Crippen LogP contribution in [0.1, 0.15) is 0 Å². The van der Waals surface area contributed by atoms with Crippen LogP contribution in [0.15, 0.2) is 12.7 Å². The Hall–Kier alpha value is -1.21. The first kappa shape index (κ1) is 10.3. The van der Waals surface area contributed by atoms with Crippen LogP contribution in [0.3, 0.4) is 0 Å². The second-order valence-electron chi connectivity index (χ2n) is 3.14. The lowest BCUT2D eigenvalue weighted by atomic mass is 10.4. The molecule has 3 N–H and O–H groups in total. The minimum absolute atomic E-state index is 0.354. The third-order valence-corrected chi connectivity index (χ3v) is 2.76. The number of imidazole rings is 1. The number of aliphatic hydroxyl groups is 1. The molecule has 0 saturated heterocycles. The Morgan fingerprint density at radius 3 is 3.00 bits per heavy atom. The number of alkyl halides is 1. The molecule has 0 bridgehead atoms. The van der Waals surface area contributed by atoms with Crippen molar-refractivity contribution in [3.63, 3.8) is 0 Å². The van der Waals surface area contributed by atoms with Crippen molar-refractivity contribution in [2.45, 2.75) is 12.6 Å². The molecule has 0 spiro atoms. The minimum atomic E-state index is -0.474. The summed E-state index contributed by atoms with van der Waals surface area (Å²) in [6, 6.07) is 0. The van der Waals surface area contributed by atoms with Crippen LogP contribution in [0.5, 0.6) is 0 Å². The summed E-state index contributed by atoms with van der Waals surface area (Å²) < 4.78 is 1.75. The van der Waals surface area contributed by atoms with Gasteiger partial charge in [-0.05, 0) is 0 Å². The van der Waals surface area contributed by atoms with Crippen LogP contribution < -0.4 is 5.73 Å². The van der Waals surface area contributed by atoms with E-state index >= 15 is 0 Å². The fourth-order valence-corrected chi connectivity index (χ4v) is 1.51. The molecule has 0 unspecified atom stereocenters. The lowest BCUT2D eigenvalue weighted by Crippen LogP contribution is -2.16. The van der Waals surface area contributed by atoms with Gasteiger partial charge < -0.3 is 15.4 Å². The van der Waals surface area contributed by atoms with E-state index in [4.69, 9.17) is 5.73 Å². The first-order valence-corrected chi connectivity index (χ1v) is 5.50. The second-order valence-corrected chi connectivity index (χ2v) is 3.78. The topological polar surface area (TPSA) is 89.9 Å². The zero-order chi connectivity index (χ0) is 10.8. The Morgan fingerprint density at radius 2 is 2.27 bits per heavy atom. The Labute approximate surface area is 94.3 Å². The Balaban J connectivity index is 2.41. The van der Waals surface area contributed by atoms with Crippen molar-refractivity contribution >= 4 is 32.9 Å². The van der Waals surface area contributed by atoms with Crippen molar-refractivity contribution in [2.75, 3.05) is 11.1 Å². The maximum Gasteiger partial charge on any atom is 0.165 e. The highest BCUT2D eigenvalue weighted by Crippen LogP contribution is 2.14. The largest absolute Gasteiger partial charge is 0.390 e. The molecule has 0 aliphatic heterocycles. The molecule has 2 heterocycles. The number of aliphatic hydroxyl groups excluding tert-OH is 1. The minimum Gasteiger partial charge on any atom is -0.390 e. The third-order valence-electron chi connectivity index (χ3n) is 2.02. The van der Waals surface area contributed by atoms with E-state index in [9.17, 15) is 5.11 Å². The molecule has 0 amide bonds. The van der Waals surface area contributed by atoms with Gasteiger partial charge in [-0.25, -0.2) is 15.0 Å². The second kappa shape index (κ2) is 4.11. The highest BCUT2D eigenvalue weighted by Gasteiger charge is 2.10. The van der Waals surface area contributed by atoms with Gasteiger partial charge in [0.15, 0.2) is 11.5 Å². The molecule has 0 aliphatic carbocycles. The van der Waals surface area contributed by atoms with Gasteiger partial charge in [0.05, 0.1) is 19.0 Å². The number of halogens is 1. The maximum absolute atomic E-state index is 9.49. The van der Waals surface area contributed by atoms with Crippen molar-refractivity contribution in [3.05, 3.63) is 12.7 Å². The Bertz CT molecular complexity index is 471. The molecule has 80 valence electrons. The van der Waals surface area contributed by atoms with Crippen molar-refractivity contribution in [1.29, 1.82) is 0 Å². The average molecular weight is 272 g/mol. The molecule has 0 radical (unpaired) electrons. The number of hydrogen-bond donors (Lipinski definition) is 2. The SMILES string of the molecule is Nc1ncnc2c1ncn2C[C@@H](O)CBr. The van der Waals surface area contributed by atoms with Crippen molar-refractivity contribution < 1.29 is 5.11 Å². The van der Waals surface area contributed by atoms with Crippen LogP contribution >= 0.6 is 15.9 Å². The molecule has 2 rings (SSSR count). The van der Waals surface area contributed by atoms with E-state index in [0.29, 0.717) is 28.9 Å². The van der Waals surface area contributed by atoms with Gasteiger partial charge in [-0.1, -0.05) is 15.9 Å². The van der Waals surface area contributed by atoms with E-state index in [1.807, 2.05) is 0 Å². The molecule has 2 aromatic heterocycles. The molecule has 0 aromatic carbocycles. The summed E-state index contributed by atoms with van der Waals surface area (Å²) in [5.41, 5.74) is 6.84. The summed E-state index contributed by atoms with van der Waals surface area (Å²) in [5.74, 6) is 0.354. The standard InChI is InChI=1S/C8H10BrN5O/c9-1-5(15)2-14-4-13-6-7(10)11-3-12-8(6)14/h3-5,15H,1-2H2,(H2,10,11,12)/t5-/m0/s1. The van der Waals surface area contributed by atoms with Crippen LogP contribution in [-0.2, 0) is 6.54 Å². The molecule has 15 heavy (non-hydrogen) atoms. The number of nitrogens with two attached hydrogens (primary N) is 1. The van der Waals surface area contributed by atoms with Crippen LogP contribution in [0.2, 0.25) is 0 Å². The van der Waals surface area contributed by atoms with Crippen molar-refractivity contribution in [1.82, 2.24) is 19.5 Å². The first-order chi connectivity index (χ1) is 7.22. The molecule has 2 aromatic rings. The molecule has 0 saturated carbocycles. The first-order valence-electron chi connectivity index (χ1n) is 4.37. The molecule has 1 atom stereocenters. The molecule has 0 aliphatic rings. The number of fused-ring (bicyclic) bond motifs is 1. The van der Waals surface area contributed by atoms with Gasteiger partial charge in [-0.15, -0.1) is 0 Å². The fraction of sp³-hybridized carbons (Fsp3) is 0.375. The summed E-state index contributed by atoms with van der Waals surface area (Å²) in [6.07, 6.45) is 2.51. The van der Waals surface area contributed by atoms with E-state index in [0.717, 1.165) is 0 Å². The Kier molecular flexibility index (Phi) is 2.83. The van der Waals surface area contributed by atoms with Crippen LogP contribution in [0, 0.1) is 0 Å². The predicted octanol–water partition coefficient (Wildman–Crippen LogP) is 0.164. The van der Waals surface area contributed by atoms with E-state index in [-0.39, 0.29) is 0 Å². The van der Waals surface area contributed by atoms with Gasteiger partial charge in [0.1, 0.15) is 11.8 Å². The number of nitrogens with zero attached hydrogens (tertiary/aromatic N) is 4. The Morgan fingerprint density at radius 1 is 1.47 bits per heavy atom. The van der Waals surface area contributed by atoms with Crippen molar-refractivity contribution in [3.8, 4) is 0 Å². The summed E-state index contributed by atoms with van der Waals surface area (Å²) in [4.78, 5) is 12.0. The molecular weight excluding hydrogens is 262 g/mol. The van der Waals surface area contributed by atoms with Gasteiger partial charge in [0, 0.05) is 5.33 Å². The highest BCUT2D eigenvalue weighted by atomic mass is 79.9. The van der Waals surface area contributed by atoms with Gasteiger partial charge in [-0.3, -0.25) is 0 Å². The molecule has 6 nitrogen and oxygen atoms in total. The zero-order valence-corrected chi connectivity index (χ0v) is 9.42. The van der Waals surface area contributed by atoms with E-state index in [1.165, 1.54) is 6.33 Å². The summed E-state index contributed by atoms with van der Waals surface area (Å²) in [5, 5.41) is 10.00.